The molecule has 30 heavy (non-hydrogen) atoms. The monoisotopic (exact) mass is 426 g/mol. The Kier molecular flexibility index (Phi) is 6.91. The van der Waals surface area contributed by atoms with E-state index in [1.165, 1.54) is 18.2 Å². The van der Waals surface area contributed by atoms with E-state index in [2.05, 4.69) is 10.3 Å². The Hall–Kier alpha value is -3.30. The fraction of sp³-hybridized carbons (Fsp3) is 0.350. The van der Waals surface area contributed by atoms with Crippen LogP contribution in [0.25, 0.3) is 0 Å². The second-order valence-corrected chi connectivity index (χ2v) is 7.09. The summed E-state index contributed by atoms with van der Waals surface area (Å²) in [4.78, 5) is 27.6. The molecule has 162 valence electrons. The van der Waals surface area contributed by atoms with Gasteiger partial charge in [0.05, 0.1) is 12.7 Å². The molecule has 0 bridgehead atoms. The zero-order chi connectivity index (χ0) is 22.5. The minimum absolute atomic E-state index is 0.0388. The standard InChI is InChI=1S/C20H21F3N2O5/c1-19(2,3)30-16(26)11-25-15-8-7-12(10-13(15)18(27)28-4)29-17-14(20(21,22)23)6-5-9-24-17/h5-10,25H,11H2,1-4H3. The van der Waals surface area contributed by atoms with E-state index in [4.69, 9.17) is 14.2 Å². The maximum atomic E-state index is 13.1. The van der Waals surface area contributed by atoms with Gasteiger partial charge >= 0.3 is 18.1 Å². The lowest BCUT2D eigenvalue weighted by molar-refractivity contribution is -0.152. The van der Waals surface area contributed by atoms with Gasteiger partial charge < -0.3 is 19.5 Å². The summed E-state index contributed by atoms with van der Waals surface area (Å²) in [7, 11) is 1.15. The minimum atomic E-state index is -4.66. The first-order valence-corrected chi connectivity index (χ1v) is 8.79. The Bertz CT molecular complexity index is 923. The molecule has 0 aliphatic heterocycles. The van der Waals surface area contributed by atoms with E-state index in [9.17, 15) is 22.8 Å². The van der Waals surface area contributed by atoms with Crippen LogP contribution in [0.4, 0.5) is 18.9 Å². The van der Waals surface area contributed by atoms with Gasteiger partial charge in [-0.05, 0) is 51.1 Å². The Balaban J connectivity index is 2.27. The Morgan fingerprint density at radius 3 is 2.43 bits per heavy atom. The number of esters is 2. The van der Waals surface area contributed by atoms with E-state index in [1.807, 2.05) is 0 Å². The van der Waals surface area contributed by atoms with Crippen LogP contribution >= 0.6 is 0 Å². The molecule has 0 atom stereocenters. The van der Waals surface area contributed by atoms with Gasteiger partial charge in [0, 0.05) is 11.9 Å². The number of aromatic nitrogens is 1. The molecule has 0 saturated carbocycles. The zero-order valence-corrected chi connectivity index (χ0v) is 16.8. The number of hydrogen-bond donors (Lipinski definition) is 1. The topological polar surface area (TPSA) is 86.8 Å². The first-order valence-electron chi connectivity index (χ1n) is 8.79. The smallest absolute Gasteiger partial charge is 0.421 e. The van der Waals surface area contributed by atoms with Crippen LogP contribution in [0.15, 0.2) is 36.5 Å². The highest BCUT2D eigenvalue weighted by atomic mass is 19.4. The normalized spacial score (nSPS) is 11.6. The highest BCUT2D eigenvalue weighted by Gasteiger charge is 2.35. The quantitative estimate of drug-likeness (QED) is 0.684. The summed E-state index contributed by atoms with van der Waals surface area (Å²) in [6, 6.07) is 5.87. The number of nitrogens with one attached hydrogen (secondary N) is 1. The van der Waals surface area contributed by atoms with Crippen molar-refractivity contribution in [3.8, 4) is 11.6 Å². The SMILES string of the molecule is COC(=O)c1cc(Oc2ncccc2C(F)(F)F)ccc1NCC(=O)OC(C)(C)C. The van der Waals surface area contributed by atoms with Crippen molar-refractivity contribution in [3.63, 3.8) is 0 Å². The van der Waals surface area contributed by atoms with Crippen molar-refractivity contribution in [1.82, 2.24) is 4.98 Å². The Morgan fingerprint density at radius 2 is 1.83 bits per heavy atom. The number of hydrogen-bond acceptors (Lipinski definition) is 7. The molecular formula is C20H21F3N2O5. The molecule has 0 saturated heterocycles. The van der Waals surface area contributed by atoms with Gasteiger partial charge in [0.1, 0.15) is 23.5 Å². The fourth-order valence-electron chi connectivity index (χ4n) is 2.36. The number of ether oxygens (including phenoxy) is 3. The van der Waals surface area contributed by atoms with Crippen LogP contribution in [-0.4, -0.2) is 36.2 Å². The van der Waals surface area contributed by atoms with Gasteiger partial charge in [-0.15, -0.1) is 0 Å². The molecular weight excluding hydrogens is 405 g/mol. The average molecular weight is 426 g/mol. The molecule has 1 N–H and O–H groups in total. The van der Waals surface area contributed by atoms with E-state index >= 15 is 0 Å². The van der Waals surface area contributed by atoms with Gasteiger partial charge in [-0.25, -0.2) is 9.78 Å². The molecule has 7 nitrogen and oxygen atoms in total. The van der Waals surface area contributed by atoms with Crippen molar-refractivity contribution >= 4 is 17.6 Å². The third-order valence-corrected chi connectivity index (χ3v) is 3.53. The number of halogens is 3. The number of carbonyl (C=O) groups is 2. The first kappa shape index (κ1) is 23.0. The van der Waals surface area contributed by atoms with Gasteiger partial charge in [-0.2, -0.15) is 13.2 Å². The highest BCUT2D eigenvalue weighted by Crippen LogP contribution is 2.37. The molecule has 0 unspecified atom stereocenters. The summed E-state index contributed by atoms with van der Waals surface area (Å²) in [6.45, 7) is 4.90. The minimum Gasteiger partial charge on any atom is -0.465 e. The lowest BCUT2D eigenvalue weighted by atomic mass is 10.1. The summed E-state index contributed by atoms with van der Waals surface area (Å²) < 4.78 is 54.5. The molecule has 0 aliphatic carbocycles. The van der Waals surface area contributed by atoms with Crippen LogP contribution < -0.4 is 10.1 Å². The number of carbonyl (C=O) groups excluding carboxylic acids is 2. The number of benzene rings is 1. The number of pyridine rings is 1. The van der Waals surface area contributed by atoms with Gasteiger partial charge in [0.15, 0.2) is 0 Å². The maximum Gasteiger partial charge on any atom is 0.421 e. The molecule has 2 rings (SSSR count). The van der Waals surface area contributed by atoms with Crippen molar-refractivity contribution in [2.45, 2.75) is 32.5 Å². The third kappa shape index (κ3) is 6.36. The van der Waals surface area contributed by atoms with E-state index < -0.39 is 35.2 Å². The van der Waals surface area contributed by atoms with Gasteiger partial charge in [-0.3, -0.25) is 4.79 Å². The Labute approximate surface area is 171 Å². The molecule has 1 heterocycles. The summed E-state index contributed by atoms with van der Waals surface area (Å²) in [6.07, 6.45) is -3.51. The van der Waals surface area contributed by atoms with Crippen molar-refractivity contribution in [1.29, 1.82) is 0 Å². The first-order chi connectivity index (χ1) is 13.9. The highest BCUT2D eigenvalue weighted by molar-refractivity contribution is 5.96. The molecule has 1 aromatic carbocycles. The molecule has 0 radical (unpaired) electrons. The predicted molar refractivity (Wildman–Crippen MR) is 101 cm³/mol. The summed E-state index contributed by atoms with van der Waals surface area (Å²) >= 11 is 0. The number of nitrogens with zero attached hydrogens (tertiary/aromatic N) is 1. The van der Waals surface area contributed by atoms with Crippen LogP contribution in [0.2, 0.25) is 0 Å². The summed E-state index contributed by atoms with van der Waals surface area (Å²) in [5.41, 5.74) is -1.56. The molecule has 0 amide bonds. The predicted octanol–water partition coefficient (Wildman–Crippen LogP) is 4.43. The second kappa shape index (κ2) is 9.02. The molecule has 0 spiro atoms. The van der Waals surface area contributed by atoms with Crippen molar-refractivity contribution < 1.29 is 37.0 Å². The largest absolute Gasteiger partial charge is 0.465 e. The molecule has 0 fully saturated rings. The van der Waals surface area contributed by atoms with Crippen LogP contribution in [-0.2, 0) is 20.4 Å². The Morgan fingerprint density at radius 1 is 1.13 bits per heavy atom. The van der Waals surface area contributed by atoms with E-state index in [-0.39, 0.29) is 23.5 Å². The molecule has 0 aliphatic rings. The molecule has 2 aromatic rings. The molecule has 10 heteroatoms. The summed E-state index contributed by atoms with van der Waals surface area (Å²) in [5, 5.41) is 2.75. The lowest BCUT2D eigenvalue weighted by Gasteiger charge is -2.20. The van der Waals surface area contributed by atoms with Crippen molar-refractivity contribution in [2.75, 3.05) is 19.0 Å². The second-order valence-electron chi connectivity index (χ2n) is 7.09. The number of rotatable bonds is 6. The maximum absolute atomic E-state index is 13.1. The van der Waals surface area contributed by atoms with Crippen molar-refractivity contribution in [2.24, 2.45) is 0 Å². The van der Waals surface area contributed by atoms with Crippen LogP contribution in [0.1, 0.15) is 36.7 Å². The number of anilines is 1. The molecule has 1 aromatic heterocycles. The third-order valence-electron chi connectivity index (χ3n) is 3.53. The van der Waals surface area contributed by atoms with E-state index in [0.29, 0.717) is 0 Å². The zero-order valence-electron chi connectivity index (χ0n) is 16.8. The average Bonchev–Trinajstić information content (AvgIpc) is 2.64. The summed E-state index contributed by atoms with van der Waals surface area (Å²) in [5.74, 6) is -2.05. The van der Waals surface area contributed by atoms with Crippen LogP contribution in [0.3, 0.4) is 0 Å². The fourth-order valence-corrected chi connectivity index (χ4v) is 2.36. The van der Waals surface area contributed by atoms with Gasteiger partial charge in [-0.1, -0.05) is 0 Å². The number of alkyl halides is 3. The number of methoxy groups -OCH3 is 1. The van der Waals surface area contributed by atoms with Crippen LogP contribution in [0, 0.1) is 0 Å². The van der Waals surface area contributed by atoms with E-state index in [1.54, 1.807) is 20.8 Å². The lowest BCUT2D eigenvalue weighted by Crippen LogP contribution is -2.28. The van der Waals surface area contributed by atoms with Gasteiger partial charge in [0.25, 0.3) is 0 Å². The van der Waals surface area contributed by atoms with Crippen molar-refractivity contribution in [3.05, 3.63) is 47.7 Å². The van der Waals surface area contributed by atoms with Gasteiger partial charge in [0.2, 0.25) is 5.88 Å². The van der Waals surface area contributed by atoms with E-state index in [0.717, 1.165) is 25.4 Å². The van der Waals surface area contributed by atoms with Crippen LogP contribution in [0.5, 0.6) is 11.6 Å².